The van der Waals surface area contributed by atoms with Gasteiger partial charge in [0, 0.05) is 0 Å². The molecular formula is C14H12O4S. The molecule has 5 heteroatoms. The number of carboxylic acids is 1. The van der Waals surface area contributed by atoms with Crippen LogP contribution >= 0.6 is 0 Å². The zero-order chi connectivity index (χ0) is 13.8. The van der Waals surface area contributed by atoms with Gasteiger partial charge in [-0.3, -0.25) is 0 Å². The van der Waals surface area contributed by atoms with E-state index in [1.54, 1.807) is 24.3 Å². The minimum Gasteiger partial charge on any atom is -0.478 e. The summed E-state index contributed by atoms with van der Waals surface area (Å²) in [5.74, 6) is -1.02. The fourth-order valence-corrected chi connectivity index (χ4v) is 2.26. The molecule has 1 unspecified atom stereocenters. The number of benzene rings is 2. The number of rotatable bonds is 4. The molecule has 2 rings (SSSR count). The highest BCUT2D eigenvalue weighted by molar-refractivity contribution is 7.80. The van der Waals surface area contributed by atoms with Crippen LogP contribution in [-0.2, 0) is 11.1 Å². The van der Waals surface area contributed by atoms with E-state index in [2.05, 4.69) is 0 Å². The second-order valence-corrected chi connectivity index (χ2v) is 5.04. The van der Waals surface area contributed by atoms with E-state index in [4.69, 9.17) is 9.29 Å². The predicted octanol–water partition coefficient (Wildman–Crippen LogP) is 2.79. The average Bonchev–Trinajstić information content (AvgIpc) is 2.39. The zero-order valence-electron chi connectivity index (χ0n) is 10.2. The maximum absolute atomic E-state index is 12.0. The Bertz CT molecular complexity index is 620. The van der Waals surface area contributed by atoms with Crippen molar-refractivity contribution in [2.75, 3.05) is 0 Å². The molecule has 0 aliphatic carbocycles. The van der Waals surface area contributed by atoms with Crippen LogP contribution in [0.15, 0.2) is 53.4 Å². The van der Waals surface area contributed by atoms with Crippen molar-refractivity contribution in [2.45, 2.75) is 11.8 Å². The fraction of sp³-hybridized carbons (Fsp3) is 0.0714. The summed E-state index contributed by atoms with van der Waals surface area (Å²) in [7, 11) is 0. The molecule has 0 saturated carbocycles. The van der Waals surface area contributed by atoms with Gasteiger partial charge in [-0.1, -0.05) is 29.8 Å². The van der Waals surface area contributed by atoms with Gasteiger partial charge in [-0.15, -0.1) is 0 Å². The molecular weight excluding hydrogens is 264 g/mol. The maximum atomic E-state index is 12.0. The lowest BCUT2D eigenvalue weighted by Crippen LogP contribution is -2.06. The van der Waals surface area contributed by atoms with Crippen molar-refractivity contribution >= 4 is 17.0 Å². The molecule has 0 bridgehead atoms. The Balaban J connectivity index is 2.24. The summed E-state index contributed by atoms with van der Waals surface area (Å²) in [6.45, 7) is 1.92. The summed E-state index contributed by atoms with van der Waals surface area (Å²) < 4.78 is 17.2. The number of aryl methyl sites for hydroxylation is 1. The van der Waals surface area contributed by atoms with Crippen molar-refractivity contribution in [1.82, 2.24) is 0 Å². The van der Waals surface area contributed by atoms with Gasteiger partial charge in [0.25, 0.3) is 0 Å². The third-order valence-corrected chi connectivity index (χ3v) is 3.48. The molecule has 19 heavy (non-hydrogen) atoms. The Hall–Kier alpha value is -2.14. The zero-order valence-corrected chi connectivity index (χ0v) is 11.0. The third kappa shape index (κ3) is 3.20. The monoisotopic (exact) mass is 276 g/mol. The van der Waals surface area contributed by atoms with Crippen LogP contribution in [0.4, 0.5) is 0 Å². The van der Waals surface area contributed by atoms with Crippen LogP contribution in [0.1, 0.15) is 15.9 Å². The number of hydrogen-bond donors (Lipinski definition) is 1. The minimum atomic E-state index is -1.73. The minimum absolute atomic E-state index is 0.0111. The van der Waals surface area contributed by atoms with Crippen LogP contribution in [0.2, 0.25) is 0 Å². The summed E-state index contributed by atoms with van der Waals surface area (Å²) >= 11 is -1.73. The van der Waals surface area contributed by atoms with Crippen LogP contribution < -0.4 is 4.18 Å². The van der Waals surface area contributed by atoms with Crippen LogP contribution in [0.25, 0.3) is 0 Å². The molecule has 0 spiro atoms. The molecule has 4 nitrogen and oxygen atoms in total. The van der Waals surface area contributed by atoms with E-state index in [1.165, 1.54) is 12.1 Å². The molecule has 0 saturated heterocycles. The quantitative estimate of drug-likeness (QED) is 0.932. The Morgan fingerprint density at radius 1 is 1.11 bits per heavy atom. The van der Waals surface area contributed by atoms with E-state index in [0.717, 1.165) is 5.56 Å². The van der Waals surface area contributed by atoms with Gasteiger partial charge in [0.15, 0.2) is 5.75 Å². The maximum Gasteiger partial charge on any atom is 0.339 e. The molecule has 98 valence electrons. The van der Waals surface area contributed by atoms with Gasteiger partial charge < -0.3 is 9.29 Å². The predicted molar refractivity (Wildman–Crippen MR) is 71.6 cm³/mol. The normalized spacial score (nSPS) is 11.8. The largest absolute Gasteiger partial charge is 0.478 e. The van der Waals surface area contributed by atoms with E-state index < -0.39 is 17.0 Å². The van der Waals surface area contributed by atoms with Crippen LogP contribution in [-0.4, -0.2) is 15.3 Å². The molecule has 0 amide bonds. The van der Waals surface area contributed by atoms with Crippen molar-refractivity contribution in [3.05, 3.63) is 59.7 Å². The lowest BCUT2D eigenvalue weighted by molar-refractivity contribution is 0.0695. The van der Waals surface area contributed by atoms with Crippen LogP contribution in [0.3, 0.4) is 0 Å². The van der Waals surface area contributed by atoms with Crippen molar-refractivity contribution in [3.8, 4) is 5.75 Å². The lowest BCUT2D eigenvalue weighted by atomic mass is 10.2. The Kier molecular flexibility index (Phi) is 3.97. The van der Waals surface area contributed by atoms with E-state index in [1.807, 2.05) is 19.1 Å². The van der Waals surface area contributed by atoms with E-state index in [-0.39, 0.29) is 11.3 Å². The van der Waals surface area contributed by atoms with Crippen molar-refractivity contribution in [2.24, 2.45) is 0 Å². The first-order chi connectivity index (χ1) is 9.08. The van der Waals surface area contributed by atoms with Gasteiger partial charge in [0.2, 0.25) is 11.1 Å². The molecule has 2 aromatic rings. The summed E-state index contributed by atoms with van der Waals surface area (Å²) in [6, 6.07) is 13.1. The second-order valence-electron chi connectivity index (χ2n) is 3.93. The van der Waals surface area contributed by atoms with Gasteiger partial charge in [-0.25, -0.2) is 9.00 Å². The fourth-order valence-electron chi connectivity index (χ4n) is 1.50. The summed E-state index contributed by atoms with van der Waals surface area (Å²) in [5.41, 5.74) is 1.04. The highest BCUT2D eigenvalue weighted by Crippen LogP contribution is 2.21. The van der Waals surface area contributed by atoms with E-state index in [0.29, 0.717) is 4.90 Å². The molecule has 0 heterocycles. The number of carbonyl (C=O) groups is 1. The summed E-state index contributed by atoms with van der Waals surface area (Å²) in [6.07, 6.45) is 0. The Morgan fingerprint density at radius 2 is 1.74 bits per heavy atom. The second kappa shape index (κ2) is 5.67. The Morgan fingerprint density at radius 3 is 2.37 bits per heavy atom. The smallest absolute Gasteiger partial charge is 0.339 e. The lowest BCUT2D eigenvalue weighted by Gasteiger charge is -2.07. The number of para-hydroxylation sites is 1. The van der Waals surface area contributed by atoms with Crippen molar-refractivity contribution in [1.29, 1.82) is 0 Å². The van der Waals surface area contributed by atoms with Gasteiger partial charge in [-0.05, 0) is 31.2 Å². The van der Waals surface area contributed by atoms with Crippen LogP contribution in [0, 0.1) is 6.92 Å². The van der Waals surface area contributed by atoms with E-state index >= 15 is 0 Å². The first-order valence-corrected chi connectivity index (χ1v) is 6.64. The topological polar surface area (TPSA) is 63.6 Å². The number of hydrogen-bond acceptors (Lipinski definition) is 3. The number of carboxylic acid groups (broad SMARTS) is 1. The molecule has 1 N–H and O–H groups in total. The molecule has 0 aromatic heterocycles. The third-order valence-electron chi connectivity index (χ3n) is 2.50. The van der Waals surface area contributed by atoms with Crippen molar-refractivity contribution in [3.63, 3.8) is 0 Å². The standard InChI is InChI=1S/C14H12O4S/c1-10-6-8-11(9-7-10)19(17)18-13-5-3-2-4-12(13)14(15)16/h2-9H,1H3,(H,15,16). The van der Waals surface area contributed by atoms with Gasteiger partial charge in [0.1, 0.15) is 5.56 Å². The summed E-state index contributed by atoms with van der Waals surface area (Å²) in [5, 5.41) is 9.01. The molecule has 0 fully saturated rings. The van der Waals surface area contributed by atoms with Gasteiger partial charge >= 0.3 is 5.97 Å². The molecule has 2 aromatic carbocycles. The highest BCUT2D eigenvalue weighted by Gasteiger charge is 2.14. The molecule has 0 aliphatic heterocycles. The number of aromatic carboxylic acids is 1. The summed E-state index contributed by atoms with van der Waals surface area (Å²) in [4.78, 5) is 11.5. The van der Waals surface area contributed by atoms with Crippen molar-refractivity contribution < 1.29 is 18.3 Å². The van der Waals surface area contributed by atoms with Gasteiger partial charge in [0.05, 0.1) is 4.90 Å². The molecule has 0 radical (unpaired) electrons. The first-order valence-electron chi connectivity index (χ1n) is 5.57. The molecule has 0 aliphatic rings. The highest BCUT2D eigenvalue weighted by atomic mass is 32.2. The molecule has 1 atom stereocenters. The first kappa shape index (κ1) is 13.3. The van der Waals surface area contributed by atoms with Crippen LogP contribution in [0.5, 0.6) is 5.75 Å². The van der Waals surface area contributed by atoms with Gasteiger partial charge in [-0.2, -0.15) is 0 Å². The average molecular weight is 276 g/mol. The van der Waals surface area contributed by atoms with E-state index in [9.17, 15) is 9.00 Å². The Labute approximate surface area is 113 Å². The SMILES string of the molecule is Cc1ccc(S(=O)Oc2ccccc2C(=O)O)cc1.